The lowest BCUT2D eigenvalue weighted by atomic mass is 10.3. The molecule has 1 rings (SSSR count). The van der Waals surface area contributed by atoms with Crippen LogP contribution in [0.5, 0.6) is 0 Å². The smallest absolute Gasteiger partial charge is 0.164 e. The first-order chi connectivity index (χ1) is 5.54. The van der Waals surface area contributed by atoms with Gasteiger partial charge < -0.3 is 0 Å². The lowest BCUT2D eigenvalue weighted by Crippen LogP contribution is -2.09. The summed E-state index contributed by atoms with van der Waals surface area (Å²) in [6, 6.07) is 2.16. The zero-order valence-electron chi connectivity index (χ0n) is 6.10. The van der Waals surface area contributed by atoms with Crippen molar-refractivity contribution in [3.05, 3.63) is 30.4 Å². The standard InChI is InChI=1S/C7H6F3N2/c1-2-5-3-4-6(12-11-5)7(8,9)10/h3-4H,1-2H2. The van der Waals surface area contributed by atoms with E-state index in [4.69, 9.17) is 0 Å². The topological polar surface area (TPSA) is 25.8 Å². The first kappa shape index (κ1) is 8.96. The van der Waals surface area contributed by atoms with E-state index in [1.807, 2.05) is 0 Å². The number of hydrogen-bond donors (Lipinski definition) is 0. The summed E-state index contributed by atoms with van der Waals surface area (Å²) in [7, 11) is 0. The van der Waals surface area contributed by atoms with Crippen LogP contribution in [0.15, 0.2) is 12.1 Å². The van der Waals surface area contributed by atoms with Crippen LogP contribution in [-0.4, -0.2) is 10.2 Å². The summed E-state index contributed by atoms with van der Waals surface area (Å²) in [5.41, 5.74) is -0.525. The molecule has 1 aromatic rings. The molecular formula is C7H6F3N2. The molecule has 0 spiro atoms. The number of halogens is 3. The minimum absolute atomic E-state index is 0.338. The van der Waals surface area contributed by atoms with Crippen molar-refractivity contribution < 1.29 is 13.2 Å². The molecule has 0 atom stereocenters. The molecule has 12 heavy (non-hydrogen) atoms. The average Bonchev–Trinajstić information content (AvgIpc) is 2.03. The lowest BCUT2D eigenvalue weighted by molar-refractivity contribution is -0.141. The first-order valence-corrected chi connectivity index (χ1v) is 3.23. The highest BCUT2D eigenvalue weighted by Crippen LogP contribution is 2.26. The monoisotopic (exact) mass is 175 g/mol. The molecule has 0 aliphatic rings. The third kappa shape index (κ3) is 1.93. The van der Waals surface area contributed by atoms with E-state index in [0.29, 0.717) is 12.1 Å². The Morgan fingerprint density at radius 2 is 1.92 bits per heavy atom. The molecule has 0 unspecified atom stereocenters. The number of alkyl halides is 3. The average molecular weight is 175 g/mol. The van der Waals surface area contributed by atoms with Crippen LogP contribution >= 0.6 is 0 Å². The Kier molecular flexibility index (Phi) is 2.30. The summed E-state index contributed by atoms with van der Waals surface area (Å²) in [6.45, 7) is 3.46. The van der Waals surface area contributed by atoms with E-state index in [1.165, 1.54) is 6.07 Å². The van der Waals surface area contributed by atoms with E-state index in [2.05, 4.69) is 17.1 Å². The minimum atomic E-state index is -4.41. The number of hydrogen-bond acceptors (Lipinski definition) is 2. The molecule has 0 saturated carbocycles. The molecule has 0 N–H and O–H groups in total. The van der Waals surface area contributed by atoms with Gasteiger partial charge in [0, 0.05) is 0 Å². The second-order valence-corrected chi connectivity index (χ2v) is 2.16. The van der Waals surface area contributed by atoms with E-state index in [9.17, 15) is 13.2 Å². The predicted molar refractivity (Wildman–Crippen MR) is 36.1 cm³/mol. The predicted octanol–water partition coefficient (Wildman–Crippen LogP) is 1.87. The van der Waals surface area contributed by atoms with Crippen molar-refractivity contribution in [3.63, 3.8) is 0 Å². The van der Waals surface area contributed by atoms with Gasteiger partial charge in [-0.2, -0.15) is 18.3 Å². The van der Waals surface area contributed by atoms with Crippen LogP contribution in [-0.2, 0) is 12.6 Å². The zero-order valence-corrected chi connectivity index (χ0v) is 6.10. The Morgan fingerprint density at radius 3 is 2.25 bits per heavy atom. The summed E-state index contributed by atoms with van der Waals surface area (Å²) < 4.78 is 35.7. The fraction of sp³-hybridized carbons (Fsp3) is 0.286. The summed E-state index contributed by atoms with van der Waals surface area (Å²) in [5.74, 6) is 0. The maximum atomic E-state index is 11.9. The molecule has 0 bridgehead atoms. The lowest BCUT2D eigenvalue weighted by Gasteiger charge is -2.03. The highest BCUT2D eigenvalue weighted by molar-refractivity contribution is 5.09. The van der Waals surface area contributed by atoms with Gasteiger partial charge >= 0.3 is 6.18 Å². The Hall–Kier alpha value is -1.13. The van der Waals surface area contributed by atoms with Crippen LogP contribution in [0.3, 0.4) is 0 Å². The molecule has 1 aromatic heterocycles. The Morgan fingerprint density at radius 1 is 1.25 bits per heavy atom. The molecule has 0 amide bonds. The van der Waals surface area contributed by atoms with Gasteiger partial charge in [-0.15, -0.1) is 5.10 Å². The SMILES string of the molecule is [CH2]Cc1ccc(C(F)(F)F)nn1. The highest BCUT2D eigenvalue weighted by Gasteiger charge is 2.32. The van der Waals surface area contributed by atoms with Gasteiger partial charge in [0.1, 0.15) is 0 Å². The third-order valence-corrected chi connectivity index (χ3v) is 1.27. The molecule has 1 heterocycles. The van der Waals surface area contributed by atoms with Crippen molar-refractivity contribution in [2.24, 2.45) is 0 Å². The van der Waals surface area contributed by atoms with Gasteiger partial charge in [0.05, 0.1) is 5.69 Å². The molecule has 0 fully saturated rings. The van der Waals surface area contributed by atoms with Crippen LogP contribution in [0, 0.1) is 6.92 Å². The second-order valence-electron chi connectivity index (χ2n) is 2.16. The molecule has 5 heteroatoms. The van der Waals surface area contributed by atoms with Crippen molar-refractivity contribution in [2.75, 3.05) is 0 Å². The maximum Gasteiger partial charge on any atom is 0.435 e. The second kappa shape index (κ2) is 3.08. The minimum Gasteiger partial charge on any atom is -0.164 e. The van der Waals surface area contributed by atoms with Gasteiger partial charge in [0.15, 0.2) is 5.69 Å². The molecular weight excluding hydrogens is 169 g/mol. The summed E-state index contributed by atoms with van der Waals surface area (Å²) in [6.07, 6.45) is -4.07. The molecule has 0 aromatic carbocycles. The molecule has 0 aliphatic heterocycles. The maximum absolute atomic E-state index is 11.9. The van der Waals surface area contributed by atoms with Gasteiger partial charge in [-0.25, -0.2) is 0 Å². The van der Waals surface area contributed by atoms with Crippen LogP contribution in [0.4, 0.5) is 13.2 Å². The van der Waals surface area contributed by atoms with Crippen molar-refractivity contribution in [3.8, 4) is 0 Å². The number of aromatic nitrogens is 2. The molecule has 0 aliphatic carbocycles. The van der Waals surface area contributed by atoms with E-state index < -0.39 is 11.9 Å². The summed E-state index contributed by atoms with van der Waals surface area (Å²) in [5, 5.41) is 6.34. The zero-order chi connectivity index (χ0) is 9.19. The van der Waals surface area contributed by atoms with Crippen LogP contribution < -0.4 is 0 Å². The van der Waals surface area contributed by atoms with E-state index in [0.717, 1.165) is 6.07 Å². The molecule has 1 radical (unpaired) electrons. The van der Waals surface area contributed by atoms with E-state index in [-0.39, 0.29) is 0 Å². The van der Waals surface area contributed by atoms with Crippen molar-refractivity contribution in [1.82, 2.24) is 10.2 Å². The van der Waals surface area contributed by atoms with Gasteiger partial charge in [-0.3, -0.25) is 0 Å². The third-order valence-electron chi connectivity index (χ3n) is 1.27. The summed E-state index contributed by atoms with van der Waals surface area (Å²) >= 11 is 0. The van der Waals surface area contributed by atoms with Gasteiger partial charge in [-0.1, -0.05) is 0 Å². The molecule has 2 nitrogen and oxygen atoms in total. The van der Waals surface area contributed by atoms with E-state index >= 15 is 0 Å². The Bertz CT molecular complexity index is 252. The quantitative estimate of drug-likeness (QED) is 0.651. The van der Waals surface area contributed by atoms with Gasteiger partial charge in [0.2, 0.25) is 0 Å². The normalized spacial score (nSPS) is 11.7. The summed E-state index contributed by atoms with van der Waals surface area (Å²) in [4.78, 5) is 0. The van der Waals surface area contributed by atoms with Crippen LogP contribution in [0.1, 0.15) is 11.4 Å². The van der Waals surface area contributed by atoms with Gasteiger partial charge in [-0.05, 0) is 25.5 Å². The fourth-order valence-electron chi connectivity index (χ4n) is 0.644. The largest absolute Gasteiger partial charge is 0.435 e. The van der Waals surface area contributed by atoms with E-state index in [1.54, 1.807) is 0 Å². The van der Waals surface area contributed by atoms with Crippen molar-refractivity contribution in [2.45, 2.75) is 12.6 Å². The Balaban J connectivity index is 2.93. The van der Waals surface area contributed by atoms with Gasteiger partial charge in [0.25, 0.3) is 0 Å². The molecule has 0 saturated heterocycles. The van der Waals surface area contributed by atoms with Crippen LogP contribution in [0.25, 0.3) is 0 Å². The number of nitrogens with zero attached hydrogens (tertiary/aromatic N) is 2. The Labute approximate surface area is 67.4 Å². The highest BCUT2D eigenvalue weighted by atomic mass is 19.4. The first-order valence-electron chi connectivity index (χ1n) is 3.23. The van der Waals surface area contributed by atoms with Crippen molar-refractivity contribution >= 4 is 0 Å². The number of rotatable bonds is 1. The van der Waals surface area contributed by atoms with Crippen LogP contribution in [0.2, 0.25) is 0 Å². The fourth-order valence-corrected chi connectivity index (χ4v) is 0.644. The van der Waals surface area contributed by atoms with Crippen molar-refractivity contribution in [1.29, 1.82) is 0 Å². The molecule has 65 valence electrons.